The van der Waals surface area contributed by atoms with E-state index in [2.05, 4.69) is 17.2 Å². The number of amides is 1. The summed E-state index contributed by atoms with van der Waals surface area (Å²) in [6.45, 7) is 4.60. The SMILES string of the molecule is C=CCC(CNC)(CNC(=O)O)c1ccc(Cl)c(Cl)c1.O=C(O)C(=O)O. The van der Waals surface area contributed by atoms with Gasteiger partial charge in [-0.2, -0.15) is 0 Å². The molecule has 0 saturated heterocycles. The summed E-state index contributed by atoms with van der Waals surface area (Å²) in [6.07, 6.45) is 1.31. The molecule has 1 unspecified atom stereocenters. The van der Waals surface area contributed by atoms with Crippen LogP contribution in [0.15, 0.2) is 30.9 Å². The van der Waals surface area contributed by atoms with E-state index in [-0.39, 0.29) is 6.54 Å². The van der Waals surface area contributed by atoms with Gasteiger partial charge in [-0.1, -0.05) is 35.3 Å². The predicted molar refractivity (Wildman–Crippen MR) is 98.2 cm³/mol. The number of likely N-dealkylation sites (N-methyl/N-ethyl adjacent to an activating group) is 1. The van der Waals surface area contributed by atoms with Crippen molar-refractivity contribution in [1.29, 1.82) is 0 Å². The van der Waals surface area contributed by atoms with E-state index in [4.69, 9.17) is 48.1 Å². The molecule has 0 aliphatic rings. The van der Waals surface area contributed by atoms with Crippen LogP contribution in [-0.4, -0.2) is 53.5 Å². The van der Waals surface area contributed by atoms with Gasteiger partial charge in [0.05, 0.1) is 10.0 Å². The molecule has 1 atom stereocenters. The normalized spacial score (nSPS) is 12.1. The van der Waals surface area contributed by atoms with Crippen molar-refractivity contribution in [2.45, 2.75) is 11.8 Å². The highest BCUT2D eigenvalue weighted by Crippen LogP contribution is 2.32. The summed E-state index contributed by atoms with van der Waals surface area (Å²) in [4.78, 5) is 29.0. The molecule has 8 nitrogen and oxygen atoms in total. The third-order valence-electron chi connectivity index (χ3n) is 3.34. The van der Waals surface area contributed by atoms with Crippen LogP contribution in [0.5, 0.6) is 0 Å². The van der Waals surface area contributed by atoms with Crippen molar-refractivity contribution in [1.82, 2.24) is 10.6 Å². The largest absolute Gasteiger partial charge is 0.473 e. The van der Waals surface area contributed by atoms with Gasteiger partial charge in [-0.25, -0.2) is 14.4 Å². The molecular weight excluding hydrogens is 387 g/mol. The molecule has 0 heterocycles. The lowest BCUT2D eigenvalue weighted by Gasteiger charge is -2.33. The number of carbonyl (C=O) groups is 3. The number of rotatable bonds is 7. The Bertz CT molecular complexity index is 656. The highest BCUT2D eigenvalue weighted by molar-refractivity contribution is 6.42. The van der Waals surface area contributed by atoms with Crippen molar-refractivity contribution >= 4 is 41.2 Å². The molecule has 0 fully saturated rings. The second-order valence-corrected chi connectivity index (χ2v) is 6.02. The fourth-order valence-electron chi connectivity index (χ4n) is 2.21. The van der Waals surface area contributed by atoms with E-state index >= 15 is 0 Å². The molecule has 0 aliphatic carbocycles. The minimum absolute atomic E-state index is 0.257. The van der Waals surface area contributed by atoms with Gasteiger partial charge in [0.25, 0.3) is 0 Å². The third-order valence-corrected chi connectivity index (χ3v) is 4.08. The van der Waals surface area contributed by atoms with Gasteiger partial charge in [-0.15, -0.1) is 6.58 Å². The Labute approximate surface area is 160 Å². The van der Waals surface area contributed by atoms with Crippen molar-refractivity contribution in [3.63, 3.8) is 0 Å². The second-order valence-electron chi connectivity index (χ2n) is 5.20. The second kappa shape index (κ2) is 11.3. The number of allylic oxidation sites excluding steroid dienone is 1. The van der Waals surface area contributed by atoms with Crippen LogP contribution in [0.1, 0.15) is 12.0 Å². The molecule has 144 valence electrons. The number of carboxylic acid groups (broad SMARTS) is 3. The lowest BCUT2D eigenvalue weighted by molar-refractivity contribution is -0.159. The minimum atomic E-state index is -1.82. The van der Waals surface area contributed by atoms with Gasteiger partial charge in [0.15, 0.2) is 0 Å². The average Bonchev–Trinajstić information content (AvgIpc) is 2.56. The zero-order chi connectivity index (χ0) is 20.3. The van der Waals surface area contributed by atoms with Crippen molar-refractivity contribution < 1.29 is 29.7 Å². The maximum Gasteiger partial charge on any atom is 0.414 e. The van der Waals surface area contributed by atoms with Gasteiger partial charge in [0.2, 0.25) is 0 Å². The van der Waals surface area contributed by atoms with E-state index in [0.29, 0.717) is 23.0 Å². The first kappa shape index (κ1) is 23.7. The van der Waals surface area contributed by atoms with Gasteiger partial charge in [0, 0.05) is 18.5 Å². The molecule has 10 heteroatoms. The number of hydrogen-bond acceptors (Lipinski definition) is 4. The van der Waals surface area contributed by atoms with Crippen LogP contribution in [0.25, 0.3) is 0 Å². The molecule has 26 heavy (non-hydrogen) atoms. The van der Waals surface area contributed by atoms with Crippen LogP contribution < -0.4 is 10.6 Å². The Balaban J connectivity index is 0.000000896. The summed E-state index contributed by atoms with van der Waals surface area (Å²) >= 11 is 12.0. The summed E-state index contributed by atoms with van der Waals surface area (Å²) < 4.78 is 0. The number of halogens is 2. The first-order valence-corrected chi connectivity index (χ1v) is 7.99. The standard InChI is InChI=1S/C14H18Cl2N2O2.C2H2O4/c1-3-6-14(8-17-2,9-18-13(19)20)10-4-5-11(15)12(16)7-10;3-1(4)2(5)6/h3-5,7,17-18H,1,6,8-9H2,2H3,(H,19,20);(H,3,4)(H,5,6). The van der Waals surface area contributed by atoms with Crippen LogP contribution in [-0.2, 0) is 15.0 Å². The number of carboxylic acids is 2. The smallest absolute Gasteiger partial charge is 0.414 e. The van der Waals surface area contributed by atoms with E-state index in [1.165, 1.54) is 0 Å². The number of aliphatic carboxylic acids is 2. The number of benzene rings is 1. The number of nitrogens with one attached hydrogen (secondary N) is 2. The first-order valence-electron chi connectivity index (χ1n) is 7.23. The average molecular weight is 407 g/mol. The molecule has 5 N–H and O–H groups in total. The Hall–Kier alpha value is -2.29. The van der Waals surface area contributed by atoms with Crippen LogP contribution in [0, 0.1) is 0 Å². The van der Waals surface area contributed by atoms with Crippen LogP contribution in [0.2, 0.25) is 10.0 Å². The molecule has 1 aromatic carbocycles. The van der Waals surface area contributed by atoms with Crippen LogP contribution in [0.3, 0.4) is 0 Å². The van der Waals surface area contributed by atoms with E-state index in [1.807, 2.05) is 13.1 Å². The molecule has 1 rings (SSSR count). The van der Waals surface area contributed by atoms with Gasteiger partial charge in [-0.05, 0) is 31.2 Å². The summed E-state index contributed by atoms with van der Waals surface area (Å²) in [5.41, 5.74) is 0.457. The fourth-order valence-corrected chi connectivity index (χ4v) is 2.51. The molecule has 0 saturated carbocycles. The van der Waals surface area contributed by atoms with E-state index in [9.17, 15) is 4.79 Å². The highest BCUT2D eigenvalue weighted by atomic mass is 35.5. The summed E-state index contributed by atoms with van der Waals surface area (Å²) in [7, 11) is 1.82. The fraction of sp³-hybridized carbons (Fsp3) is 0.312. The zero-order valence-electron chi connectivity index (χ0n) is 14.0. The van der Waals surface area contributed by atoms with E-state index in [1.54, 1.807) is 18.2 Å². The molecule has 0 aliphatic heterocycles. The zero-order valence-corrected chi connectivity index (χ0v) is 15.5. The molecular formula is C16H20Cl2N2O6. The first-order chi connectivity index (χ1) is 12.1. The van der Waals surface area contributed by atoms with Gasteiger partial charge >= 0.3 is 18.0 Å². The summed E-state index contributed by atoms with van der Waals surface area (Å²) in [5, 5.41) is 30.1. The molecule has 1 aromatic rings. The van der Waals surface area contributed by atoms with Crippen molar-refractivity contribution in [2.24, 2.45) is 0 Å². The third kappa shape index (κ3) is 7.73. The Morgan fingerprint density at radius 2 is 1.69 bits per heavy atom. The predicted octanol–water partition coefficient (Wildman–Crippen LogP) is 2.45. The highest BCUT2D eigenvalue weighted by Gasteiger charge is 2.31. The lowest BCUT2D eigenvalue weighted by atomic mass is 9.77. The van der Waals surface area contributed by atoms with Crippen LogP contribution >= 0.6 is 23.2 Å². The number of hydrogen-bond donors (Lipinski definition) is 5. The Morgan fingerprint density at radius 1 is 1.12 bits per heavy atom. The molecule has 0 bridgehead atoms. The van der Waals surface area contributed by atoms with E-state index in [0.717, 1.165) is 5.56 Å². The summed E-state index contributed by atoms with van der Waals surface area (Å²) in [5.74, 6) is -3.65. The molecule has 1 amide bonds. The maximum atomic E-state index is 10.8. The van der Waals surface area contributed by atoms with Gasteiger partial charge < -0.3 is 26.0 Å². The van der Waals surface area contributed by atoms with E-state index < -0.39 is 23.4 Å². The van der Waals surface area contributed by atoms with Crippen molar-refractivity contribution in [3.8, 4) is 0 Å². The van der Waals surface area contributed by atoms with Gasteiger partial charge in [-0.3, -0.25) is 0 Å². The molecule has 0 aromatic heterocycles. The van der Waals surface area contributed by atoms with Crippen LogP contribution in [0.4, 0.5) is 4.79 Å². The Morgan fingerprint density at radius 3 is 2.08 bits per heavy atom. The van der Waals surface area contributed by atoms with Crippen molar-refractivity contribution in [2.75, 3.05) is 20.1 Å². The lowest BCUT2D eigenvalue weighted by Crippen LogP contribution is -2.46. The Kier molecular flexibility index (Phi) is 10.3. The topological polar surface area (TPSA) is 136 Å². The monoisotopic (exact) mass is 406 g/mol. The molecule has 0 radical (unpaired) electrons. The van der Waals surface area contributed by atoms with Crippen molar-refractivity contribution in [3.05, 3.63) is 46.5 Å². The maximum absolute atomic E-state index is 10.8. The quantitative estimate of drug-likeness (QED) is 0.346. The summed E-state index contributed by atoms with van der Waals surface area (Å²) in [6, 6.07) is 5.35. The minimum Gasteiger partial charge on any atom is -0.473 e. The molecule has 0 spiro atoms. The van der Waals surface area contributed by atoms with Gasteiger partial charge in [0.1, 0.15) is 0 Å².